The molecule has 10 heteroatoms. The van der Waals surface area contributed by atoms with Crippen molar-refractivity contribution >= 4 is 45.0 Å². The molecular weight excluding hydrogens is 411 g/mol. The average Bonchev–Trinajstić information content (AvgIpc) is 2.64. The molecule has 1 amide bonds. The van der Waals surface area contributed by atoms with E-state index < -0.39 is 10.0 Å². The molecule has 27 heavy (non-hydrogen) atoms. The lowest BCUT2D eigenvalue weighted by Crippen LogP contribution is -2.50. The summed E-state index contributed by atoms with van der Waals surface area (Å²) in [6.07, 6.45) is 1.46. The molecule has 7 nitrogen and oxygen atoms in total. The van der Waals surface area contributed by atoms with Crippen LogP contribution in [-0.2, 0) is 14.8 Å². The van der Waals surface area contributed by atoms with Gasteiger partial charge in [0.1, 0.15) is 5.82 Å². The molecule has 1 aliphatic rings. The minimum atomic E-state index is -3.56. The van der Waals surface area contributed by atoms with Gasteiger partial charge in [0, 0.05) is 37.4 Å². The van der Waals surface area contributed by atoms with E-state index in [0.717, 1.165) is 0 Å². The van der Waals surface area contributed by atoms with Crippen molar-refractivity contribution in [2.45, 2.75) is 4.90 Å². The molecule has 0 radical (unpaired) electrons. The zero-order chi connectivity index (χ0) is 19.4. The second-order valence-electron chi connectivity index (χ2n) is 6.04. The molecule has 0 spiro atoms. The molecule has 1 fully saturated rings. The van der Waals surface area contributed by atoms with Crippen LogP contribution in [0, 0.1) is 0 Å². The van der Waals surface area contributed by atoms with Gasteiger partial charge >= 0.3 is 0 Å². The number of aromatic nitrogens is 1. The molecule has 0 saturated carbocycles. The van der Waals surface area contributed by atoms with E-state index in [1.165, 1.54) is 22.6 Å². The standard InChI is InChI=1S/C17H18Cl2N4O3S/c18-13-1-4-15(5-2-13)27(25,26)23-9-7-22(8-10-23)12-17(24)21-16-6-3-14(19)11-20-16/h1-6,11H,7-10,12H2,(H,20,21,24). The number of amides is 1. The van der Waals surface area contributed by atoms with E-state index in [9.17, 15) is 13.2 Å². The number of sulfonamides is 1. The van der Waals surface area contributed by atoms with Crippen molar-refractivity contribution in [3.8, 4) is 0 Å². The lowest BCUT2D eigenvalue weighted by atomic mass is 10.3. The summed E-state index contributed by atoms with van der Waals surface area (Å²) < 4.78 is 26.7. The minimum Gasteiger partial charge on any atom is -0.310 e. The van der Waals surface area contributed by atoms with Crippen molar-refractivity contribution in [2.24, 2.45) is 0 Å². The van der Waals surface area contributed by atoms with Gasteiger partial charge in [-0.25, -0.2) is 13.4 Å². The fourth-order valence-corrected chi connectivity index (χ4v) is 4.38. The van der Waals surface area contributed by atoms with Gasteiger partial charge in [-0.15, -0.1) is 0 Å². The molecule has 0 aliphatic carbocycles. The van der Waals surface area contributed by atoms with E-state index in [2.05, 4.69) is 10.3 Å². The smallest absolute Gasteiger partial charge is 0.243 e. The summed E-state index contributed by atoms with van der Waals surface area (Å²) in [4.78, 5) is 18.3. The number of piperazine rings is 1. The van der Waals surface area contributed by atoms with Crippen molar-refractivity contribution < 1.29 is 13.2 Å². The lowest BCUT2D eigenvalue weighted by Gasteiger charge is -2.33. The molecule has 1 aromatic carbocycles. The summed E-state index contributed by atoms with van der Waals surface area (Å²) in [5.74, 6) is 0.215. The summed E-state index contributed by atoms with van der Waals surface area (Å²) in [6.45, 7) is 1.73. The first-order valence-electron chi connectivity index (χ1n) is 8.24. The molecule has 0 bridgehead atoms. The molecule has 0 atom stereocenters. The van der Waals surface area contributed by atoms with Crippen LogP contribution in [0.5, 0.6) is 0 Å². The Hall–Kier alpha value is -1.71. The van der Waals surface area contributed by atoms with Gasteiger partial charge in [-0.1, -0.05) is 23.2 Å². The first-order valence-corrected chi connectivity index (χ1v) is 10.4. The number of hydrogen-bond acceptors (Lipinski definition) is 5. The van der Waals surface area contributed by atoms with Gasteiger partial charge in [-0.2, -0.15) is 4.31 Å². The van der Waals surface area contributed by atoms with Gasteiger partial charge in [0.05, 0.1) is 16.5 Å². The maximum Gasteiger partial charge on any atom is 0.243 e. The van der Waals surface area contributed by atoms with Crippen LogP contribution in [0.3, 0.4) is 0 Å². The second-order valence-corrected chi connectivity index (χ2v) is 8.85. The summed E-state index contributed by atoms with van der Waals surface area (Å²) in [6, 6.07) is 9.37. The van der Waals surface area contributed by atoms with E-state index >= 15 is 0 Å². The summed E-state index contributed by atoms with van der Waals surface area (Å²) >= 11 is 11.6. The predicted molar refractivity (Wildman–Crippen MR) is 105 cm³/mol. The number of anilines is 1. The number of pyridine rings is 1. The van der Waals surface area contributed by atoms with E-state index in [1.807, 2.05) is 4.90 Å². The number of halogens is 2. The Morgan fingerprint density at radius 1 is 1.00 bits per heavy atom. The van der Waals surface area contributed by atoms with Crippen molar-refractivity contribution in [3.63, 3.8) is 0 Å². The Labute approximate surface area is 167 Å². The molecule has 1 aliphatic heterocycles. The molecule has 2 aromatic rings. The highest BCUT2D eigenvalue weighted by Crippen LogP contribution is 2.20. The van der Waals surface area contributed by atoms with Crippen molar-refractivity contribution in [1.29, 1.82) is 0 Å². The Morgan fingerprint density at radius 3 is 2.22 bits per heavy atom. The third kappa shape index (κ3) is 5.18. The highest BCUT2D eigenvalue weighted by atomic mass is 35.5. The first kappa shape index (κ1) is 20.0. The van der Waals surface area contributed by atoms with E-state index in [4.69, 9.17) is 23.2 Å². The van der Waals surface area contributed by atoms with Crippen molar-refractivity contribution in [1.82, 2.24) is 14.2 Å². The number of nitrogens with zero attached hydrogens (tertiary/aromatic N) is 3. The maximum absolute atomic E-state index is 12.7. The average molecular weight is 429 g/mol. The van der Waals surface area contributed by atoms with Gasteiger partial charge in [-0.3, -0.25) is 9.69 Å². The van der Waals surface area contributed by atoms with Crippen LogP contribution >= 0.6 is 23.2 Å². The summed E-state index contributed by atoms with van der Waals surface area (Å²) in [5, 5.41) is 3.67. The maximum atomic E-state index is 12.7. The van der Waals surface area contributed by atoms with Gasteiger partial charge in [-0.05, 0) is 36.4 Å². The Balaban J connectivity index is 1.53. The van der Waals surface area contributed by atoms with Crippen LogP contribution in [0.15, 0.2) is 47.5 Å². The van der Waals surface area contributed by atoms with Crippen LogP contribution < -0.4 is 5.32 Å². The summed E-state index contributed by atoms with van der Waals surface area (Å²) in [5.41, 5.74) is 0. The topological polar surface area (TPSA) is 82.6 Å². The third-order valence-electron chi connectivity index (χ3n) is 4.14. The number of rotatable bonds is 5. The predicted octanol–water partition coefficient (Wildman–Crippen LogP) is 2.33. The van der Waals surface area contributed by atoms with Crippen LogP contribution in [0.4, 0.5) is 5.82 Å². The van der Waals surface area contributed by atoms with Gasteiger partial charge in [0.25, 0.3) is 0 Å². The van der Waals surface area contributed by atoms with Crippen LogP contribution in [0.2, 0.25) is 10.0 Å². The fourth-order valence-electron chi connectivity index (χ4n) is 2.72. The highest BCUT2D eigenvalue weighted by Gasteiger charge is 2.29. The van der Waals surface area contributed by atoms with E-state index in [-0.39, 0.29) is 17.3 Å². The molecule has 144 valence electrons. The third-order valence-corrected chi connectivity index (χ3v) is 6.53. The second kappa shape index (κ2) is 8.53. The van der Waals surface area contributed by atoms with Crippen LogP contribution in [-0.4, -0.2) is 61.2 Å². The van der Waals surface area contributed by atoms with Crippen molar-refractivity contribution in [3.05, 3.63) is 52.6 Å². The molecule has 1 saturated heterocycles. The molecular formula is C17H18Cl2N4O3S. The molecule has 1 N–H and O–H groups in total. The largest absolute Gasteiger partial charge is 0.310 e. The number of hydrogen-bond donors (Lipinski definition) is 1. The SMILES string of the molecule is O=C(CN1CCN(S(=O)(=O)c2ccc(Cl)cc2)CC1)Nc1ccc(Cl)cn1. The van der Waals surface area contributed by atoms with Crippen LogP contribution in [0.25, 0.3) is 0 Å². The van der Waals surface area contributed by atoms with Gasteiger partial charge in [0.2, 0.25) is 15.9 Å². The van der Waals surface area contributed by atoms with Gasteiger partial charge < -0.3 is 5.32 Å². The monoisotopic (exact) mass is 428 g/mol. The molecule has 1 aromatic heterocycles. The number of carbonyl (C=O) groups excluding carboxylic acids is 1. The zero-order valence-corrected chi connectivity index (χ0v) is 16.6. The quantitative estimate of drug-likeness (QED) is 0.789. The van der Waals surface area contributed by atoms with E-state index in [0.29, 0.717) is 42.0 Å². The molecule has 3 rings (SSSR count). The normalized spacial score (nSPS) is 16.2. The van der Waals surface area contributed by atoms with Gasteiger partial charge in [0.15, 0.2) is 0 Å². The highest BCUT2D eigenvalue weighted by molar-refractivity contribution is 7.89. The Kier molecular flexibility index (Phi) is 6.33. The van der Waals surface area contributed by atoms with E-state index in [1.54, 1.807) is 24.3 Å². The number of benzene rings is 1. The minimum absolute atomic E-state index is 0.166. The summed E-state index contributed by atoms with van der Waals surface area (Å²) in [7, 11) is -3.56. The Bertz CT molecular complexity index is 897. The lowest BCUT2D eigenvalue weighted by molar-refractivity contribution is -0.117. The first-order chi connectivity index (χ1) is 12.8. The zero-order valence-electron chi connectivity index (χ0n) is 14.3. The number of carbonyl (C=O) groups is 1. The van der Waals surface area contributed by atoms with Crippen molar-refractivity contribution in [2.75, 3.05) is 38.0 Å². The Morgan fingerprint density at radius 2 is 1.63 bits per heavy atom. The number of nitrogens with one attached hydrogen (secondary N) is 1. The molecule has 0 unspecified atom stereocenters. The van der Waals surface area contributed by atoms with Crippen LogP contribution in [0.1, 0.15) is 0 Å². The molecule has 2 heterocycles. The fraction of sp³-hybridized carbons (Fsp3) is 0.294.